The molecule has 0 aromatic rings. The molecule has 1 aliphatic rings. The first-order chi connectivity index (χ1) is 9.60. The van der Waals surface area contributed by atoms with E-state index in [-0.39, 0.29) is 22.8 Å². The number of rotatable bonds is 6. The van der Waals surface area contributed by atoms with E-state index < -0.39 is 0 Å². The number of carbonyl (C=O) groups is 2. The lowest BCUT2D eigenvalue weighted by Gasteiger charge is -2.20. The highest BCUT2D eigenvalue weighted by Crippen LogP contribution is 2.30. The number of hydrogen-bond donors (Lipinski definition) is 0. The van der Waals surface area contributed by atoms with Crippen molar-refractivity contribution in [1.29, 1.82) is 0 Å². The molecule has 0 N–H and O–H groups in total. The van der Waals surface area contributed by atoms with Gasteiger partial charge in [-0.25, -0.2) is 0 Å². The number of hydrogen-bond acceptors (Lipinski definition) is 4. The van der Waals surface area contributed by atoms with Crippen LogP contribution in [0.25, 0.3) is 0 Å². The maximum absolute atomic E-state index is 11.4. The topological polar surface area (TPSA) is 52.6 Å². The molecule has 0 spiro atoms. The molecule has 0 bridgehead atoms. The first-order valence-corrected chi connectivity index (χ1v) is 7.86. The van der Waals surface area contributed by atoms with E-state index in [0.29, 0.717) is 12.5 Å². The Morgan fingerprint density at radius 1 is 0.952 bits per heavy atom. The molecule has 0 saturated heterocycles. The van der Waals surface area contributed by atoms with Gasteiger partial charge in [0.1, 0.15) is 0 Å². The van der Waals surface area contributed by atoms with Gasteiger partial charge in [-0.05, 0) is 59.3 Å². The summed E-state index contributed by atoms with van der Waals surface area (Å²) in [6, 6.07) is 0. The first-order valence-electron chi connectivity index (χ1n) is 7.86. The average molecular weight is 300 g/mol. The van der Waals surface area contributed by atoms with Crippen LogP contribution in [-0.2, 0) is 19.1 Å². The number of methoxy groups -OCH3 is 1. The summed E-state index contributed by atoms with van der Waals surface area (Å²) in [5.41, 5.74) is -0.607. The Hall–Kier alpha value is -1.06. The standard InChI is InChI=1S/C10H18O2.C7H14O2/c1-4-10(2,3)9(11)12-7-8-5-6-8;1-5-7(2,3)6(8)9-4/h8H,4-7H2,1-3H3;5H2,1-4H3. The molecule has 4 nitrogen and oxygen atoms in total. The van der Waals surface area contributed by atoms with E-state index >= 15 is 0 Å². The SMILES string of the molecule is CCC(C)(C)C(=O)OC.CCC(C)(C)C(=O)OCC1CC1. The van der Waals surface area contributed by atoms with Crippen molar-refractivity contribution in [3.63, 3.8) is 0 Å². The Kier molecular flexibility index (Phi) is 7.98. The molecule has 0 unspecified atom stereocenters. The molecule has 1 saturated carbocycles. The maximum atomic E-state index is 11.4. The summed E-state index contributed by atoms with van der Waals surface area (Å²) in [6.45, 7) is 12.2. The van der Waals surface area contributed by atoms with E-state index in [1.807, 2.05) is 41.5 Å². The summed E-state index contributed by atoms with van der Waals surface area (Å²) in [7, 11) is 1.42. The maximum Gasteiger partial charge on any atom is 0.311 e. The third-order valence-corrected chi connectivity index (χ3v) is 4.21. The van der Waals surface area contributed by atoms with Gasteiger partial charge in [0.2, 0.25) is 0 Å². The summed E-state index contributed by atoms with van der Waals surface area (Å²) in [5.74, 6) is 0.489. The molecule has 0 aromatic carbocycles. The summed E-state index contributed by atoms with van der Waals surface area (Å²) in [5, 5.41) is 0. The molecule has 21 heavy (non-hydrogen) atoms. The lowest BCUT2D eigenvalue weighted by molar-refractivity contribution is -0.154. The van der Waals surface area contributed by atoms with Gasteiger partial charge in [0.25, 0.3) is 0 Å². The second-order valence-electron chi connectivity index (χ2n) is 7.01. The third kappa shape index (κ3) is 7.49. The molecule has 0 atom stereocenters. The summed E-state index contributed by atoms with van der Waals surface area (Å²) < 4.78 is 9.75. The number of ether oxygens (including phenoxy) is 2. The summed E-state index contributed by atoms with van der Waals surface area (Å²) >= 11 is 0. The molecule has 1 aliphatic carbocycles. The minimum absolute atomic E-state index is 0.0445. The lowest BCUT2D eigenvalue weighted by Crippen LogP contribution is -2.26. The highest BCUT2D eigenvalue weighted by molar-refractivity contribution is 5.76. The van der Waals surface area contributed by atoms with E-state index in [0.717, 1.165) is 12.8 Å². The third-order valence-electron chi connectivity index (χ3n) is 4.21. The van der Waals surface area contributed by atoms with Gasteiger partial charge in [-0.15, -0.1) is 0 Å². The molecule has 0 aliphatic heterocycles. The van der Waals surface area contributed by atoms with Crippen LogP contribution < -0.4 is 0 Å². The lowest BCUT2D eigenvalue weighted by atomic mass is 9.91. The molecule has 0 radical (unpaired) electrons. The Bertz CT molecular complexity index is 341. The first kappa shape index (κ1) is 19.9. The highest BCUT2D eigenvalue weighted by Gasteiger charge is 2.30. The van der Waals surface area contributed by atoms with E-state index in [4.69, 9.17) is 4.74 Å². The Morgan fingerprint density at radius 3 is 1.67 bits per heavy atom. The van der Waals surface area contributed by atoms with Crippen molar-refractivity contribution in [2.75, 3.05) is 13.7 Å². The van der Waals surface area contributed by atoms with Crippen LogP contribution in [0.5, 0.6) is 0 Å². The van der Waals surface area contributed by atoms with E-state index in [9.17, 15) is 9.59 Å². The molecule has 0 heterocycles. The van der Waals surface area contributed by atoms with Crippen LogP contribution in [-0.4, -0.2) is 25.7 Å². The Balaban J connectivity index is 0.000000400. The fraction of sp³-hybridized carbons (Fsp3) is 0.882. The largest absolute Gasteiger partial charge is 0.469 e. The second-order valence-corrected chi connectivity index (χ2v) is 7.01. The number of esters is 2. The minimum Gasteiger partial charge on any atom is -0.469 e. The molecule has 0 amide bonds. The van der Waals surface area contributed by atoms with Crippen molar-refractivity contribution in [2.45, 2.75) is 67.2 Å². The van der Waals surface area contributed by atoms with Gasteiger partial charge in [-0.2, -0.15) is 0 Å². The van der Waals surface area contributed by atoms with Gasteiger partial charge in [0, 0.05) is 0 Å². The van der Waals surface area contributed by atoms with Crippen LogP contribution in [0.15, 0.2) is 0 Å². The van der Waals surface area contributed by atoms with Crippen molar-refractivity contribution in [3.8, 4) is 0 Å². The van der Waals surface area contributed by atoms with Crippen molar-refractivity contribution in [1.82, 2.24) is 0 Å². The molecule has 1 fully saturated rings. The van der Waals surface area contributed by atoms with E-state index in [1.54, 1.807) is 0 Å². The fourth-order valence-corrected chi connectivity index (χ4v) is 1.24. The smallest absolute Gasteiger partial charge is 0.311 e. The van der Waals surface area contributed by atoms with Gasteiger partial charge in [0.05, 0.1) is 24.5 Å². The van der Waals surface area contributed by atoms with Crippen molar-refractivity contribution >= 4 is 11.9 Å². The van der Waals surface area contributed by atoms with Crippen molar-refractivity contribution in [2.24, 2.45) is 16.7 Å². The van der Waals surface area contributed by atoms with Gasteiger partial charge in [-0.1, -0.05) is 13.8 Å². The monoisotopic (exact) mass is 300 g/mol. The van der Waals surface area contributed by atoms with Gasteiger partial charge >= 0.3 is 11.9 Å². The molecule has 4 heteroatoms. The van der Waals surface area contributed by atoms with Gasteiger partial charge < -0.3 is 9.47 Å². The van der Waals surface area contributed by atoms with Crippen LogP contribution >= 0.6 is 0 Å². The van der Waals surface area contributed by atoms with Gasteiger partial charge in [0.15, 0.2) is 0 Å². The van der Waals surface area contributed by atoms with Crippen LogP contribution in [0, 0.1) is 16.7 Å². The van der Waals surface area contributed by atoms with E-state index in [2.05, 4.69) is 4.74 Å². The molecule has 1 rings (SSSR count). The predicted octanol–water partition coefficient (Wildman–Crippen LogP) is 3.97. The average Bonchev–Trinajstić information content (AvgIpc) is 3.28. The van der Waals surface area contributed by atoms with E-state index in [1.165, 1.54) is 20.0 Å². The van der Waals surface area contributed by atoms with Crippen molar-refractivity contribution < 1.29 is 19.1 Å². The normalized spacial score (nSPS) is 14.8. The van der Waals surface area contributed by atoms with Crippen molar-refractivity contribution in [3.05, 3.63) is 0 Å². The van der Waals surface area contributed by atoms with Gasteiger partial charge in [-0.3, -0.25) is 9.59 Å². The van der Waals surface area contributed by atoms with Crippen LogP contribution in [0.4, 0.5) is 0 Å². The zero-order chi connectivity index (χ0) is 16.7. The summed E-state index contributed by atoms with van der Waals surface area (Å²) in [4.78, 5) is 22.2. The summed E-state index contributed by atoms with van der Waals surface area (Å²) in [6.07, 6.45) is 4.13. The zero-order valence-corrected chi connectivity index (χ0v) is 14.7. The molecular formula is C17H32O4. The minimum atomic E-state index is -0.311. The van der Waals surface area contributed by atoms with Crippen LogP contribution in [0.2, 0.25) is 0 Å². The quantitative estimate of drug-likeness (QED) is 0.696. The second kappa shape index (κ2) is 8.40. The molecular weight excluding hydrogens is 268 g/mol. The van der Waals surface area contributed by atoms with Crippen LogP contribution in [0.1, 0.15) is 67.2 Å². The number of carbonyl (C=O) groups excluding carboxylic acids is 2. The Morgan fingerprint density at radius 2 is 1.38 bits per heavy atom. The molecule has 124 valence electrons. The highest BCUT2D eigenvalue weighted by atomic mass is 16.5. The molecule has 0 aromatic heterocycles. The predicted molar refractivity (Wildman–Crippen MR) is 83.8 cm³/mol. The zero-order valence-electron chi connectivity index (χ0n) is 14.7. The fourth-order valence-electron chi connectivity index (χ4n) is 1.24. The Labute approximate surface area is 129 Å². The van der Waals surface area contributed by atoms with Crippen LogP contribution in [0.3, 0.4) is 0 Å².